The van der Waals surface area contributed by atoms with E-state index in [9.17, 15) is 4.79 Å². The molecule has 78 valence electrons. The third-order valence-electron chi connectivity index (χ3n) is 3.76. The Bertz CT molecular complexity index is 291. The molecule has 2 rings (SSSR count). The fraction of sp³-hybridized carbons (Fsp3) is 0.750. The van der Waals surface area contributed by atoms with E-state index in [1.165, 1.54) is 11.1 Å². The molecular weight excluding hydrogens is 176 g/mol. The van der Waals surface area contributed by atoms with E-state index in [1.807, 2.05) is 0 Å². The number of ether oxygens (including phenoxy) is 1. The number of allylic oxidation sites excluding steroid dienone is 2. The molecule has 0 aromatic rings. The summed E-state index contributed by atoms with van der Waals surface area (Å²) in [5, 5.41) is 0. The van der Waals surface area contributed by atoms with Crippen LogP contribution in [0.2, 0.25) is 0 Å². The van der Waals surface area contributed by atoms with Crippen molar-refractivity contribution in [3.8, 4) is 0 Å². The first-order valence-corrected chi connectivity index (χ1v) is 5.49. The van der Waals surface area contributed by atoms with E-state index in [1.54, 1.807) is 0 Å². The van der Waals surface area contributed by atoms with Gasteiger partial charge in [-0.1, -0.05) is 18.1 Å². The van der Waals surface area contributed by atoms with Crippen LogP contribution >= 0.6 is 0 Å². The summed E-state index contributed by atoms with van der Waals surface area (Å²) in [5.74, 6) is 0.647. The monoisotopic (exact) mass is 194 g/mol. The summed E-state index contributed by atoms with van der Waals surface area (Å²) in [5.41, 5.74) is 2.85. The number of hydrogen-bond donors (Lipinski definition) is 0. The van der Waals surface area contributed by atoms with Crippen molar-refractivity contribution < 1.29 is 9.53 Å². The van der Waals surface area contributed by atoms with Gasteiger partial charge in [-0.15, -0.1) is 0 Å². The normalized spacial score (nSPS) is 37.1. The van der Waals surface area contributed by atoms with Crippen LogP contribution in [0, 0.1) is 11.8 Å². The number of cyclic esters (lactones) is 1. The summed E-state index contributed by atoms with van der Waals surface area (Å²) in [7, 11) is 0. The van der Waals surface area contributed by atoms with Crippen LogP contribution in [0.15, 0.2) is 11.1 Å². The molecule has 0 radical (unpaired) electrons. The van der Waals surface area contributed by atoms with Crippen LogP contribution in [-0.2, 0) is 9.53 Å². The number of carbonyl (C=O) groups is 1. The van der Waals surface area contributed by atoms with Crippen molar-refractivity contribution in [2.75, 3.05) is 0 Å². The lowest BCUT2D eigenvalue weighted by molar-refractivity contribution is -0.144. The van der Waals surface area contributed by atoms with Gasteiger partial charge < -0.3 is 4.74 Å². The van der Waals surface area contributed by atoms with Crippen molar-refractivity contribution in [3.05, 3.63) is 11.1 Å². The zero-order valence-electron chi connectivity index (χ0n) is 9.17. The highest BCUT2D eigenvalue weighted by Crippen LogP contribution is 2.42. The lowest BCUT2D eigenvalue weighted by atomic mass is 9.75. The van der Waals surface area contributed by atoms with Crippen molar-refractivity contribution in [1.29, 1.82) is 0 Å². The first-order valence-electron chi connectivity index (χ1n) is 5.49. The van der Waals surface area contributed by atoms with Gasteiger partial charge in [-0.25, -0.2) is 0 Å². The fourth-order valence-electron chi connectivity index (χ4n) is 2.68. The quantitative estimate of drug-likeness (QED) is 0.474. The van der Waals surface area contributed by atoms with Gasteiger partial charge in [0, 0.05) is 5.92 Å². The summed E-state index contributed by atoms with van der Waals surface area (Å²) in [6.45, 7) is 6.42. The summed E-state index contributed by atoms with van der Waals surface area (Å²) < 4.78 is 5.39. The van der Waals surface area contributed by atoms with E-state index in [-0.39, 0.29) is 18.0 Å². The molecule has 0 N–H and O–H groups in total. The molecule has 2 nitrogen and oxygen atoms in total. The van der Waals surface area contributed by atoms with E-state index in [2.05, 4.69) is 20.8 Å². The summed E-state index contributed by atoms with van der Waals surface area (Å²) in [6.07, 6.45) is 3.11. The van der Waals surface area contributed by atoms with Crippen LogP contribution in [0.1, 0.15) is 40.0 Å². The molecule has 1 saturated heterocycles. The molecule has 0 amide bonds. The molecule has 3 atom stereocenters. The third-order valence-corrected chi connectivity index (χ3v) is 3.76. The smallest absolute Gasteiger partial charge is 0.309 e. The molecule has 1 heterocycles. The van der Waals surface area contributed by atoms with E-state index in [0.29, 0.717) is 5.92 Å². The molecule has 0 saturated carbocycles. The second kappa shape index (κ2) is 3.41. The third kappa shape index (κ3) is 1.37. The van der Waals surface area contributed by atoms with Crippen molar-refractivity contribution >= 4 is 5.97 Å². The maximum Gasteiger partial charge on any atom is 0.309 e. The molecule has 1 aliphatic carbocycles. The molecule has 0 aromatic heterocycles. The number of fused-ring (bicyclic) bond motifs is 1. The van der Waals surface area contributed by atoms with Gasteiger partial charge in [-0.05, 0) is 33.1 Å². The van der Waals surface area contributed by atoms with Gasteiger partial charge in [0.2, 0.25) is 0 Å². The van der Waals surface area contributed by atoms with Crippen molar-refractivity contribution in [2.24, 2.45) is 11.8 Å². The Morgan fingerprint density at radius 2 is 1.93 bits per heavy atom. The number of carbonyl (C=O) groups excluding carboxylic acids is 1. The first kappa shape index (κ1) is 9.75. The first-order chi connectivity index (χ1) is 6.63. The maximum atomic E-state index is 11.6. The number of hydrogen-bond acceptors (Lipinski definition) is 2. The van der Waals surface area contributed by atoms with Crippen molar-refractivity contribution in [1.82, 2.24) is 0 Å². The van der Waals surface area contributed by atoms with E-state index in [4.69, 9.17) is 4.74 Å². The van der Waals surface area contributed by atoms with Crippen LogP contribution in [0.3, 0.4) is 0 Å². The van der Waals surface area contributed by atoms with Crippen molar-refractivity contribution in [2.45, 2.75) is 46.1 Å². The maximum absolute atomic E-state index is 11.6. The lowest BCUT2D eigenvalue weighted by Crippen LogP contribution is -2.24. The van der Waals surface area contributed by atoms with Crippen LogP contribution in [0.4, 0.5) is 0 Å². The van der Waals surface area contributed by atoms with Crippen LogP contribution in [0.25, 0.3) is 0 Å². The second-order valence-electron chi connectivity index (χ2n) is 4.62. The van der Waals surface area contributed by atoms with Gasteiger partial charge in [-0.3, -0.25) is 4.79 Å². The molecule has 0 bridgehead atoms. The van der Waals surface area contributed by atoms with Gasteiger partial charge in [0.15, 0.2) is 0 Å². The molecule has 14 heavy (non-hydrogen) atoms. The number of esters is 1. The van der Waals surface area contributed by atoms with Crippen LogP contribution in [0.5, 0.6) is 0 Å². The minimum Gasteiger partial charge on any atom is -0.462 e. The van der Waals surface area contributed by atoms with Gasteiger partial charge in [0.1, 0.15) is 6.10 Å². The largest absolute Gasteiger partial charge is 0.462 e. The Hall–Kier alpha value is -0.790. The molecular formula is C12H18O2. The minimum atomic E-state index is 0.0358. The standard InChI is InChI=1S/C12H18O2/c1-4-11-9-5-7(2)8(3)6-10(9)12(13)14-11/h9-11H,4-6H2,1-3H3/t9-,10+,11-/m1/s1. The summed E-state index contributed by atoms with van der Waals surface area (Å²) in [6, 6.07) is 0. The zero-order valence-corrected chi connectivity index (χ0v) is 9.17. The highest BCUT2D eigenvalue weighted by Gasteiger charge is 2.45. The highest BCUT2D eigenvalue weighted by molar-refractivity contribution is 5.76. The van der Waals surface area contributed by atoms with Crippen molar-refractivity contribution in [3.63, 3.8) is 0 Å². The molecule has 1 fully saturated rings. The predicted octanol–water partition coefficient (Wildman–Crippen LogP) is 2.68. The molecule has 1 aliphatic heterocycles. The Balaban J connectivity index is 2.23. The van der Waals surface area contributed by atoms with E-state index in [0.717, 1.165) is 19.3 Å². The number of rotatable bonds is 1. The Labute approximate surface area is 85.3 Å². The summed E-state index contributed by atoms with van der Waals surface area (Å²) >= 11 is 0. The molecule has 0 spiro atoms. The molecule has 2 aliphatic rings. The van der Waals surface area contributed by atoms with Gasteiger partial charge in [-0.2, -0.15) is 0 Å². The average Bonchev–Trinajstić information content (AvgIpc) is 2.45. The fourth-order valence-corrected chi connectivity index (χ4v) is 2.68. The average molecular weight is 194 g/mol. The Morgan fingerprint density at radius 3 is 2.57 bits per heavy atom. The molecule has 0 aromatic carbocycles. The highest BCUT2D eigenvalue weighted by atomic mass is 16.6. The lowest BCUT2D eigenvalue weighted by Gasteiger charge is -2.26. The minimum absolute atomic E-state index is 0.0358. The molecule has 0 unspecified atom stereocenters. The van der Waals surface area contributed by atoms with E-state index < -0.39 is 0 Å². The zero-order chi connectivity index (χ0) is 10.3. The van der Waals surface area contributed by atoms with Crippen LogP contribution < -0.4 is 0 Å². The second-order valence-corrected chi connectivity index (χ2v) is 4.62. The Kier molecular flexibility index (Phi) is 2.38. The SMILES string of the molecule is CC[C@H]1OC(=O)[C@H]2CC(C)=C(C)C[C@H]21. The summed E-state index contributed by atoms with van der Waals surface area (Å²) in [4.78, 5) is 11.6. The van der Waals surface area contributed by atoms with Crippen LogP contribution in [-0.4, -0.2) is 12.1 Å². The topological polar surface area (TPSA) is 26.3 Å². The Morgan fingerprint density at radius 1 is 1.29 bits per heavy atom. The van der Waals surface area contributed by atoms with Gasteiger partial charge in [0.05, 0.1) is 5.92 Å². The molecule has 2 heteroatoms. The van der Waals surface area contributed by atoms with Gasteiger partial charge in [0.25, 0.3) is 0 Å². The predicted molar refractivity (Wildman–Crippen MR) is 54.8 cm³/mol. The van der Waals surface area contributed by atoms with E-state index >= 15 is 0 Å². The van der Waals surface area contributed by atoms with Gasteiger partial charge >= 0.3 is 5.97 Å².